The van der Waals surface area contributed by atoms with Crippen LogP contribution in [0.15, 0.2) is 46.9 Å². The molecule has 112 valence electrons. The number of hydrogen-bond donors (Lipinski definition) is 2. The Morgan fingerprint density at radius 2 is 2.09 bits per heavy atom. The van der Waals surface area contributed by atoms with E-state index in [9.17, 15) is 9.18 Å². The van der Waals surface area contributed by atoms with Gasteiger partial charge in [0.1, 0.15) is 5.82 Å². The topological polar surface area (TPSA) is 44.9 Å². The van der Waals surface area contributed by atoms with E-state index in [0.29, 0.717) is 0 Å². The number of amides is 1. The van der Waals surface area contributed by atoms with Gasteiger partial charge >= 0.3 is 0 Å². The Labute approximate surface area is 135 Å². The third-order valence-electron chi connectivity index (χ3n) is 3.53. The van der Waals surface area contributed by atoms with E-state index >= 15 is 0 Å². The van der Waals surface area contributed by atoms with Gasteiger partial charge in [-0.05, 0) is 48.9 Å². The summed E-state index contributed by atoms with van der Waals surface area (Å²) in [6.45, 7) is 1.89. The molecule has 0 saturated heterocycles. The van der Waals surface area contributed by atoms with Gasteiger partial charge in [-0.15, -0.1) is 0 Å². The molecule has 0 aliphatic heterocycles. The Hall–Kier alpha value is -2.14. The standard InChI is InChI=1S/C17H14BrFN2O/c1-10-14(15-8-12(19)5-6-16(15)20-10)9-17(22)21-13-4-2-3-11(18)7-13/h2-8,20H,9H2,1H3,(H,21,22). The number of halogens is 2. The third kappa shape index (κ3) is 3.04. The van der Waals surface area contributed by atoms with Crippen molar-refractivity contribution in [2.75, 3.05) is 5.32 Å². The van der Waals surface area contributed by atoms with Crippen LogP contribution in [0.5, 0.6) is 0 Å². The van der Waals surface area contributed by atoms with Crippen molar-refractivity contribution >= 4 is 38.4 Å². The Bertz CT molecular complexity index is 857. The van der Waals surface area contributed by atoms with Crippen LogP contribution in [0.3, 0.4) is 0 Å². The average molecular weight is 361 g/mol. The molecule has 0 aliphatic rings. The van der Waals surface area contributed by atoms with E-state index in [1.807, 2.05) is 31.2 Å². The number of nitrogens with one attached hydrogen (secondary N) is 2. The summed E-state index contributed by atoms with van der Waals surface area (Å²) in [6.07, 6.45) is 0.196. The zero-order chi connectivity index (χ0) is 15.7. The van der Waals surface area contributed by atoms with Crippen molar-refractivity contribution in [1.29, 1.82) is 0 Å². The highest BCUT2D eigenvalue weighted by atomic mass is 79.9. The van der Waals surface area contributed by atoms with Crippen LogP contribution in [0.4, 0.5) is 10.1 Å². The lowest BCUT2D eigenvalue weighted by Gasteiger charge is -2.06. The highest BCUT2D eigenvalue weighted by Crippen LogP contribution is 2.24. The number of fused-ring (bicyclic) bond motifs is 1. The summed E-state index contributed by atoms with van der Waals surface area (Å²) in [6, 6.07) is 12.0. The minimum atomic E-state index is -0.305. The Balaban J connectivity index is 1.85. The molecule has 1 heterocycles. The van der Waals surface area contributed by atoms with Gasteiger partial charge in [-0.1, -0.05) is 22.0 Å². The number of carbonyl (C=O) groups excluding carboxylic acids is 1. The molecule has 2 N–H and O–H groups in total. The zero-order valence-corrected chi connectivity index (χ0v) is 13.5. The summed E-state index contributed by atoms with van der Waals surface area (Å²) in [5.74, 6) is -0.438. The van der Waals surface area contributed by atoms with Gasteiger partial charge < -0.3 is 10.3 Å². The second-order valence-electron chi connectivity index (χ2n) is 5.15. The second kappa shape index (κ2) is 5.93. The maximum Gasteiger partial charge on any atom is 0.228 e. The molecule has 0 bridgehead atoms. The first-order chi connectivity index (χ1) is 10.5. The van der Waals surface area contributed by atoms with E-state index in [2.05, 4.69) is 26.2 Å². The molecule has 1 aromatic heterocycles. The lowest BCUT2D eigenvalue weighted by Crippen LogP contribution is -2.14. The molecule has 1 amide bonds. The number of H-pyrrole nitrogens is 1. The minimum absolute atomic E-state index is 0.133. The molecule has 0 saturated carbocycles. The van der Waals surface area contributed by atoms with Gasteiger partial charge in [0.2, 0.25) is 5.91 Å². The summed E-state index contributed by atoms with van der Waals surface area (Å²) >= 11 is 3.37. The van der Waals surface area contributed by atoms with E-state index in [1.165, 1.54) is 12.1 Å². The summed E-state index contributed by atoms with van der Waals surface area (Å²) in [5, 5.41) is 3.60. The lowest BCUT2D eigenvalue weighted by atomic mass is 10.1. The van der Waals surface area contributed by atoms with E-state index in [-0.39, 0.29) is 18.1 Å². The molecule has 0 aliphatic carbocycles. The quantitative estimate of drug-likeness (QED) is 0.706. The molecule has 0 atom stereocenters. The number of rotatable bonds is 3. The fourth-order valence-electron chi connectivity index (χ4n) is 2.51. The molecule has 22 heavy (non-hydrogen) atoms. The summed E-state index contributed by atoms with van der Waals surface area (Å²) in [7, 11) is 0. The first-order valence-corrected chi connectivity index (χ1v) is 7.64. The normalized spacial score (nSPS) is 10.9. The van der Waals surface area contributed by atoms with Gasteiger partial charge in [0.25, 0.3) is 0 Å². The van der Waals surface area contributed by atoms with Crippen molar-refractivity contribution in [3.63, 3.8) is 0 Å². The number of aryl methyl sites for hydroxylation is 1. The van der Waals surface area contributed by atoms with Crippen LogP contribution >= 0.6 is 15.9 Å². The van der Waals surface area contributed by atoms with Gasteiger partial charge in [-0.25, -0.2) is 4.39 Å². The molecule has 0 radical (unpaired) electrons. The largest absolute Gasteiger partial charge is 0.358 e. The number of anilines is 1. The molecule has 0 fully saturated rings. The Morgan fingerprint density at radius 1 is 1.27 bits per heavy atom. The molecule has 2 aromatic carbocycles. The summed E-state index contributed by atoms with van der Waals surface area (Å²) in [4.78, 5) is 15.4. The van der Waals surface area contributed by atoms with Crippen LogP contribution in [0.2, 0.25) is 0 Å². The van der Waals surface area contributed by atoms with Gasteiger partial charge in [-0.3, -0.25) is 4.79 Å². The minimum Gasteiger partial charge on any atom is -0.358 e. The van der Waals surface area contributed by atoms with Crippen LogP contribution < -0.4 is 5.32 Å². The fourth-order valence-corrected chi connectivity index (χ4v) is 2.91. The molecule has 0 spiro atoms. The van der Waals surface area contributed by atoms with Gasteiger partial charge in [-0.2, -0.15) is 0 Å². The number of aromatic amines is 1. The number of benzene rings is 2. The van der Waals surface area contributed by atoms with Gasteiger partial charge in [0, 0.05) is 26.8 Å². The zero-order valence-electron chi connectivity index (χ0n) is 11.9. The predicted molar refractivity (Wildman–Crippen MR) is 89.5 cm³/mol. The highest BCUT2D eigenvalue weighted by molar-refractivity contribution is 9.10. The summed E-state index contributed by atoms with van der Waals surface area (Å²) in [5.41, 5.74) is 3.26. The maximum atomic E-state index is 13.4. The predicted octanol–water partition coefficient (Wildman–Crippen LogP) is 4.56. The first-order valence-electron chi connectivity index (χ1n) is 6.85. The molecule has 5 heteroatoms. The smallest absolute Gasteiger partial charge is 0.228 e. The van der Waals surface area contributed by atoms with E-state index in [4.69, 9.17) is 0 Å². The van der Waals surface area contributed by atoms with Crippen LogP contribution in [-0.4, -0.2) is 10.9 Å². The molecular formula is C17H14BrFN2O. The van der Waals surface area contributed by atoms with E-state index in [0.717, 1.165) is 32.3 Å². The third-order valence-corrected chi connectivity index (χ3v) is 4.02. The van der Waals surface area contributed by atoms with Crippen molar-refractivity contribution in [2.45, 2.75) is 13.3 Å². The van der Waals surface area contributed by atoms with E-state index < -0.39 is 0 Å². The average Bonchev–Trinajstić information content (AvgIpc) is 2.75. The van der Waals surface area contributed by atoms with Crippen molar-refractivity contribution in [2.24, 2.45) is 0 Å². The molecule has 3 aromatic rings. The molecule has 3 nitrogen and oxygen atoms in total. The number of hydrogen-bond acceptors (Lipinski definition) is 1. The Morgan fingerprint density at radius 3 is 2.86 bits per heavy atom. The fraction of sp³-hybridized carbons (Fsp3) is 0.118. The van der Waals surface area contributed by atoms with Crippen LogP contribution in [0.1, 0.15) is 11.3 Å². The Kier molecular flexibility index (Phi) is 3.98. The molecule has 3 rings (SSSR count). The van der Waals surface area contributed by atoms with Gasteiger partial charge in [0.05, 0.1) is 6.42 Å². The maximum absolute atomic E-state index is 13.4. The van der Waals surface area contributed by atoms with Crippen molar-refractivity contribution < 1.29 is 9.18 Å². The van der Waals surface area contributed by atoms with E-state index in [1.54, 1.807) is 6.07 Å². The highest BCUT2D eigenvalue weighted by Gasteiger charge is 2.13. The molecule has 0 unspecified atom stereocenters. The van der Waals surface area contributed by atoms with Crippen molar-refractivity contribution in [3.05, 3.63) is 64.0 Å². The van der Waals surface area contributed by atoms with Crippen LogP contribution in [-0.2, 0) is 11.2 Å². The second-order valence-corrected chi connectivity index (χ2v) is 6.07. The summed E-state index contributed by atoms with van der Waals surface area (Å²) < 4.78 is 14.3. The van der Waals surface area contributed by atoms with Gasteiger partial charge in [0.15, 0.2) is 0 Å². The molecular weight excluding hydrogens is 347 g/mol. The SMILES string of the molecule is Cc1[nH]c2ccc(F)cc2c1CC(=O)Nc1cccc(Br)c1. The van der Waals surface area contributed by atoms with Crippen molar-refractivity contribution in [1.82, 2.24) is 4.98 Å². The van der Waals surface area contributed by atoms with Crippen molar-refractivity contribution in [3.8, 4) is 0 Å². The number of aromatic nitrogens is 1. The number of carbonyl (C=O) groups is 1. The van der Waals surface area contributed by atoms with Crippen LogP contribution in [0, 0.1) is 12.7 Å². The first kappa shape index (κ1) is 14.8. The lowest BCUT2D eigenvalue weighted by molar-refractivity contribution is -0.115. The van der Waals surface area contributed by atoms with Crippen LogP contribution in [0.25, 0.3) is 10.9 Å². The monoisotopic (exact) mass is 360 g/mol.